The molecule has 2 aliphatic carbocycles. The normalized spacial score (nSPS) is 25.4. The Morgan fingerprint density at radius 3 is 2.71 bits per heavy atom. The second kappa shape index (κ2) is 4.43. The van der Waals surface area contributed by atoms with Crippen molar-refractivity contribution in [3.63, 3.8) is 0 Å². The van der Waals surface area contributed by atoms with E-state index in [1.54, 1.807) is 0 Å². The topological polar surface area (TPSA) is 32.3 Å². The summed E-state index contributed by atoms with van der Waals surface area (Å²) in [5, 5.41) is 13.2. The standard InChI is InChI=1S/C15H21NO/c17-11-15(7-3-4-8-15)16-10-13-9-12-5-1-2-6-14(12)13/h1-2,5-6,13,16-17H,3-4,7-11H2. The third kappa shape index (κ3) is 2.00. The number of nitrogens with one attached hydrogen (secondary N) is 1. The summed E-state index contributed by atoms with van der Waals surface area (Å²) in [7, 11) is 0. The predicted molar refractivity (Wildman–Crippen MR) is 69.2 cm³/mol. The molecule has 1 aromatic rings. The lowest BCUT2D eigenvalue weighted by Crippen LogP contribution is -2.48. The van der Waals surface area contributed by atoms with Gasteiger partial charge in [0.2, 0.25) is 0 Å². The van der Waals surface area contributed by atoms with Crippen molar-refractivity contribution in [3.8, 4) is 0 Å². The third-order valence-corrected chi connectivity index (χ3v) is 4.55. The van der Waals surface area contributed by atoms with Crippen molar-refractivity contribution in [2.75, 3.05) is 13.2 Å². The van der Waals surface area contributed by atoms with Gasteiger partial charge in [-0.3, -0.25) is 0 Å². The molecule has 0 spiro atoms. The van der Waals surface area contributed by atoms with Crippen molar-refractivity contribution in [2.24, 2.45) is 0 Å². The molecule has 1 saturated carbocycles. The van der Waals surface area contributed by atoms with Crippen LogP contribution in [0.5, 0.6) is 0 Å². The molecule has 1 atom stereocenters. The Kier molecular flexibility index (Phi) is 2.93. The molecule has 17 heavy (non-hydrogen) atoms. The van der Waals surface area contributed by atoms with Gasteiger partial charge in [-0.2, -0.15) is 0 Å². The molecule has 1 fully saturated rings. The predicted octanol–water partition coefficient (Wildman–Crippen LogP) is 2.22. The quantitative estimate of drug-likeness (QED) is 0.833. The van der Waals surface area contributed by atoms with Crippen molar-refractivity contribution in [1.29, 1.82) is 0 Å². The fourth-order valence-corrected chi connectivity index (χ4v) is 3.33. The van der Waals surface area contributed by atoms with Crippen LogP contribution in [0.1, 0.15) is 42.7 Å². The van der Waals surface area contributed by atoms with Crippen LogP contribution in [-0.2, 0) is 6.42 Å². The van der Waals surface area contributed by atoms with E-state index < -0.39 is 0 Å². The zero-order valence-electron chi connectivity index (χ0n) is 10.3. The average molecular weight is 231 g/mol. The Balaban J connectivity index is 1.60. The summed E-state index contributed by atoms with van der Waals surface area (Å²) >= 11 is 0. The van der Waals surface area contributed by atoms with Crippen molar-refractivity contribution in [1.82, 2.24) is 5.32 Å². The number of rotatable bonds is 4. The van der Waals surface area contributed by atoms with Crippen LogP contribution < -0.4 is 5.32 Å². The molecule has 2 nitrogen and oxygen atoms in total. The van der Waals surface area contributed by atoms with Crippen LogP contribution in [-0.4, -0.2) is 23.8 Å². The highest BCUT2D eigenvalue weighted by molar-refractivity contribution is 5.40. The van der Waals surface area contributed by atoms with Crippen molar-refractivity contribution in [2.45, 2.75) is 43.6 Å². The fraction of sp³-hybridized carbons (Fsp3) is 0.600. The molecule has 2 aliphatic rings. The molecular weight excluding hydrogens is 210 g/mol. The van der Waals surface area contributed by atoms with Crippen LogP contribution in [0.15, 0.2) is 24.3 Å². The number of benzene rings is 1. The molecule has 0 bridgehead atoms. The Morgan fingerprint density at radius 1 is 1.24 bits per heavy atom. The Morgan fingerprint density at radius 2 is 2.00 bits per heavy atom. The van der Waals surface area contributed by atoms with Crippen LogP contribution in [0.2, 0.25) is 0 Å². The SMILES string of the molecule is OCC1(NCC2Cc3ccccc32)CCCC1. The lowest BCUT2D eigenvalue weighted by molar-refractivity contribution is 0.161. The van der Waals surface area contributed by atoms with Gasteiger partial charge in [0, 0.05) is 18.0 Å². The highest BCUT2D eigenvalue weighted by atomic mass is 16.3. The van der Waals surface area contributed by atoms with Crippen LogP contribution in [0.3, 0.4) is 0 Å². The summed E-state index contributed by atoms with van der Waals surface area (Å²) in [4.78, 5) is 0. The zero-order valence-corrected chi connectivity index (χ0v) is 10.3. The number of hydrogen-bond donors (Lipinski definition) is 2. The van der Waals surface area contributed by atoms with E-state index in [-0.39, 0.29) is 5.54 Å². The van der Waals surface area contributed by atoms with Gasteiger partial charge in [-0.25, -0.2) is 0 Å². The minimum atomic E-state index is 0.0323. The van der Waals surface area contributed by atoms with E-state index in [1.165, 1.54) is 30.4 Å². The van der Waals surface area contributed by atoms with E-state index in [0.717, 1.165) is 19.4 Å². The van der Waals surface area contributed by atoms with E-state index >= 15 is 0 Å². The second-order valence-electron chi connectivity index (χ2n) is 5.63. The summed E-state index contributed by atoms with van der Waals surface area (Å²) < 4.78 is 0. The van der Waals surface area contributed by atoms with Crippen LogP contribution >= 0.6 is 0 Å². The van der Waals surface area contributed by atoms with E-state index in [2.05, 4.69) is 29.6 Å². The monoisotopic (exact) mass is 231 g/mol. The van der Waals surface area contributed by atoms with E-state index in [9.17, 15) is 5.11 Å². The van der Waals surface area contributed by atoms with Crippen molar-refractivity contribution < 1.29 is 5.11 Å². The van der Waals surface area contributed by atoms with Gasteiger partial charge in [-0.1, -0.05) is 37.1 Å². The molecule has 0 radical (unpaired) electrons. The van der Waals surface area contributed by atoms with E-state index in [1.807, 2.05) is 0 Å². The van der Waals surface area contributed by atoms with Crippen LogP contribution in [0.25, 0.3) is 0 Å². The molecule has 1 unspecified atom stereocenters. The Hall–Kier alpha value is -0.860. The maximum absolute atomic E-state index is 9.55. The summed E-state index contributed by atoms with van der Waals surface area (Å²) in [6, 6.07) is 8.71. The van der Waals surface area contributed by atoms with Gasteiger partial charge in [-0.15, -0.1) is 0 Å². The van der Waals surface area contributed by atoms with Gasteiger partial charge in [0.25, 0.3) is 0 Å². The minimum Gasteiger partial charge on any atom is -0.394 e. The van der Waals surface area contributed by atoms with E-state index in [4.69, 9.17) is 0 Å². The van der Waals surface area contributed by atoms with Crippen LogP contribution in [0.4, 0.5) is 0 Å². The summed E-state index contributed by atoms with van der Waals surface area (Å²) in [5.41, 5.74) is 3.04. The molecule has 0 amide bonds. The molecule has 1 aromatic carbocycles. The third-order valence-electron chi connectivity index (χ3n) is 4.55. The van der Waals surface area contributed by atoms with Crippen molar-refractivity contribution in [3.05, 3.63) is 35.4 Å². The fourth-order valence-electron chi connectivity index (χ4n) is 3.33. The molecule has 0 aliphatic heterocycles. The molecular formula is C15H21NO. The molecule has 0 heterocycles. The van der Waals surface area contributed by atoms with Gasteiger partial charge < -0.3 is 10.4 Å². The maximum Gasteiger partial charge on any atom is 0.0613 e. The molecule has 2 heteroatoms. The number of aliphatic hydroxyl groups is 1. The summed E-state index contributed by atoms with van der Waals surface area (Å²) in [5.74, 6) is 0.662. The van der Waals surface area contributed by atoms with Gasteiger partial charge in [0.05, 0.1) is 6.61 Å². The largest absolute Gasteiger partial charge is 0.394 e. The number of fused-ring (bicyclic) bond motifs is 1. The first-order valence-electron chi connectivity index (χ1n) is 6.77. The first-order chi connectivity index (χ1) is 8.33. The van der Waals surface area contributed by atoms with E-state index in [0.29, 0.717) is 12.5 Å². The lowest BCUT2D eigenvalue weighted by Gasteiger charge is -2.35. The molecule has 2 N–H and O–H groups in total. The molecule has 0 saturated heterocycles. The number of aliphatic hydroxyl groups excluding tert-OH is 1. The smallest absolute Gasteiger partial charge is 0.0613 e. The molecule has 0 aromatic heterocycles. The first kappa shape index (κ1) is 11.2. The molecule has 92 valence electrons. The summed E-state index contributed by atoms with van der Waals surface area (Å²) in [6.45, 7) is 1.32. The van der Waals surface area contributed by atoms with Crippen molar-refractivity contribution >= 4 is 0 Å². The lowest BCUT2D eigenvalue weighted by atomic mass is 9.77. The highest BCUT2D eigenvalue weighted by Crippen LogP contribution is 2.36. The minimum absolute atomic E-state index is 0.0323. The van der Waals surface area contributed by atoms with Gasteiger partial charge in [0.1, 0.15) is 0 Å². The summed E-state index contributed by atoms with van der Waals surface area (Å²) in [6.07, 6.45) is 5.99. The number of hydrogen-bond acceptors (Lipinski definition) is 2. The Bertz CT molecular complexity index is 396. The average Bonchev–Trinajstić information content (AvgIpc) is 2.80. The Labute approximate surface area is 103 Å². The first-order valence-corrected chi connectivity index (χ1v) is 6.77. The maximum atomic E-state index is 9.55. The second-order valence-corrected chi connectivity index (χ2v) is 5.63. The van der Waals surface area contributed by atoms with Crippen LogP contribution in [0, 0.1) is 0 Å². The van der Waals surface area contributed by atoms with Gasteiger partial charge in [0.15, 0.2) is 0 Å². The van der Waals surface area contributed by atoms with Gasteiger partial charge in [-0.05, 0) is 30.4 Å². The van der Waals surface area contributed by atoms with Gasteiger partial charge >= 0.3 is 0 Å². The zero-order chi connectivity index (χ0) is 11.7. The highest BCUT2D eigenvalue weighted by Gasteiger charge is 2.34. The molecule has 3 rings (SSSR count).